The summed E-state index contributed by atoms with van der Waals surface area (Å²) in [7, 11) is -7.20. The van der Waals surface area contributed by atoms with E-state index in [1.54, 1.807) is 6.07 Å². The Morgan fingerprint density at radius 3 is 2.38 bits per heavy atom. The third-order valence-electron chi connectivity index (χ3n) is 4.72. The summed E-state index contributed by atoms with van der Waals surface area (Å²) in [6.45, 7) is 0. The lowest BCUT2D eigenvalue weighted by Crippen LogP contribution is -2.20. The Labute approximate surface area is 168 Å². The molecule has 1 atom stereocenters. The van der Waals surface area contributed by atoms with Crippen molar-refractivity contribution in [3.05, 3.63) is 66.5 Å². The molecular formula is C19H18FN3O4S2. The van der Waals surface area contributed by atoms with E-state index in [-0.39, 0.29) is 22.2 Å². The second-order valence-electron chi connectivity index (χ2n) is 6.84. The Balaban J connectivity index is 1.75. The zero-order valence-corrected chi connectivity index (χ0v) is 16.8. The summed E-state index contributed by atoms with van der Waals surface area (Å²) < 4.78 is 66.4. The van der Waals surface area contributed by atoms with Crippen LogP contribution in [-0.2, 0) is 19.9 Å². The molecule has 0 radical (unpaired) electrons. The number of hydrogen-bond acceptors (Lipinski definition) is 5. The number of benzene rings is 2. The van der Waals surface area contributed by atoms with E-state index in [0.29, 0.717) is 12.1 Å². The molecule has 0 unspecified atom stereocenters. The largest absolute Gasteiger partial charge is 0.264 e. The van der Waals surface area contributed by atoms with Crippen LogP contribution in [0, 0.1) is 5.82 Å². The molecule has 4 rings (SSSR count). The van der Waals surface area contributed by atoms with Crippen molar-refractivity contribution in [1.82, 2.24) is 9.78 Å². The Hall–Kier alpha value is -2.72. The van der Waals surface area contributed by atoms with Gasteiger partial charge in [-0.3, -0.25) is 4.72 Å². The number of nitrogens with zero attached hydrogens (tertiary/aromatic N) is 2. The fourth-order valence-corrected chi connectivity index (χ4v) is 6.01. The third kappa shape index (κ3) is 4.18. The van der Waals surface area contributed by atoms with E-state index in [1.165, 1.54) is 4.68 Å². The molecule has 0 saturated carbocycles. The Morgan fingerprint density at radius 1 is 1.07 bits per heavy atom. The normalized spacial score (nSPS) is 18.6. The van der Waals surface area contributed by atoms with Crippen LogP contribution in [0.15, 0.2) is 65.6 Å². The highest BCUT2D eigenvalue weighted by Gasteiger charge is 2.32. The van der Waals surface area contributed by atoms with Crippen LogP contribution in [0.1, 0.15) is 12.5 Å². The van der Waals surface area contributed by atoms with E-state index < -0.39 is 31.7 Å². The fourth-order valence-electron chi connectivity index (χ4n) is 3.28. The summed E-state index contributed by atoms with van der Waals surface area (Å²) in [6.07, 6.45) is 0.351. The highest BCUT2D eigenvalue weighted by molar-refractivity contribution is 7.92. The number of aromatic nitrogens is 2. The number of sulfonamides is 1. The zero-order chi connectivity index (χ0) is 20.6. The van der Waals surface area contributed by atoms with Gasteiger partial charge in [-0.2, -0.15) is 5.10 Å². The fraction of sp³-hybridized carbons (Fsp3) is 0.211. The molecule has 1 fully saturated rings. The van der Waals surface area contributed by atoms with E-state index in [0.717, 1.165) is 29.8 Å². The van der Waals surface area contributed by atoms with Gasteiger partial charge in [0.25, 0.3) is 10.0 Å². The lowest BCUT2D eigenvalue weighted by molar-refractivity contribution is 0.507. The first-order valence-corrected chi connectivity index (χ1v) is 12.2. The van der Waals surface area contributed by atoms with Gasteiger partial charge in [-0.15, -0.1) is 0 Å². The second kappa shape index (κ2) is 7.27. The molecule has 1 aliphatic rings. The third-order valence-corrected chi connectivity index (χ3v) is 7.84. The summed E-state index contributed by atoms with van der Waals surface area (Å²) in [5.74, 6) is -0.455. The van der Waals surface area contributed by atoms with E-state index in [1.807, 2.05) is 30.3 Å². The standard InChI is InChI=1S/C19H18FN3O4S2/c20-15-6-8-17(9-7-15)29(26,27)22-19-12-18(14-4-2-1-3-5-14)21-23(19)16-10-11-28(24,25)13-16/h1-9,12,16,22H,10-11,13H2/t16-/m1/s1. The molecule has 1 N–H and O–H groups in total. The molecule has 3 aromatic rings. The van der Waals surface area contributed by atoms with E-state index >= 15 is 0 Å². The topological polar surface area (TPSA) is 98.1 Å². The van der Waals surface area contributed by atoms with Gasteiger partial charge in [0.05, 0.1) is 28.1 Å². The number of rotatable bonds is 5. The monoisotopic (exact) mass is 435 g/mol. The van der Waals surface area contributed by atoms with Crippen molar-refractivity contribution in [2.45, 2.75) is 17.4 Å². The highest BCUT2D eigenvalue weighted by Crippen LogP contribution is 2.31. The molecule has 0 bridgehead atoms. The van der Waals surface area contributed by atoms with Crippen molar-refractivity contribution in [2.24, 2.45) is 0 Å². The molecule has 10 heteroatoms. The maximum Gasteiger partial charge on any atom is 0.263 e. The van der Waals surface area contributed by atoms with Crippen molar-refractivity contribution >= 4 is 25.7 Å². The first kappa shape index (κ1) is 19.6. The van der Waals surface area contributed by atoms with E-state index in [2.05, 4.69) is 9.82 Å². The van der Waals surface area contributed by atoms with Crippen molar-refractivity contribution in [1.29, 1.82) is 0 Å². The van der Waals surface area contributed by atoms with Crippen LogP contribution >= 0.6 is 0 Å². The summed E-state index contributed by atoms with van der Waals surface area (Å²) in [5.41, 5.74) is 1.29. The maximum absolute atomic E-state index is 13.1. The van der Waals surface area contributed by atoms with Crippen molar-refractivity contribution in [2.75, 3.05) is 16.2 Å². The molecule has 2 aromatic carbocycles. The number of nitrogens with one attached hydrogen (secondary N) is 1. The quantitative estimate of drug-likeness (QED) is 0.665. The molecule has 0 amide bonds. The van der Waals surface area contributed by atoms with Crippen LogP contribution in [0.4, 0.5) is 10.2 Å². The number of sulfone groups is 1. The van der Waals surface area contributed by atoms with Crippen LogP contribution < -0.4 is 4.72 Å². The van der Waals surface area contributed by atoms with Gasteiger partial charge >= 0.3 is 0 Å². The van der Waals surface area contributed by atoms with Gasteiger partial charge in [-0.1, -0.05) is 30.3 Å². The van der Waals surface area contributed by atoms with Crippen LogP contribution in [0.3, 0.4) is 0 Å². The summed E-state index contributed by atoms with van der Waals surface area (Å²) in [5, 5.41) is 4.49. The van der Waals surface area contributed by atoms with Crippen LogP contribution in [0.5, 0.6) is 0 Å². The molecule has 1 aliphatic heterocycles. The summed E-state index contributed by atoms with van der Waals surface area (Å²) in [6, 6.07) is 14.7. The zero-order valence-electron chi connectivity index (χ0n) is 15.2. The van der Waals surface area contributed by atoms with Gasteiger partial charge in [0.2, 0.25) is 0 Å². The first-order chi connectivity index (χ1) is 13.7. The van der Waals surface area contributed by atoms with Crippen molar-refractivity contribution in [3.63, 3.8) is 0 Å². The predicted molar refractivity (Wildman–Crippen MR) is 107 cm³/mol. The number of halogens is 1. The first-order valence-electron chi connectivity index (χ1n) is 8.87. The predicted octanol–water partition coefficient (Wildman–Crippen LogP) is 2.85. The molecule has 0 aliphatic carbocycles. The second-order valence-corrected chi connectivity index (χ2v) is 10.8. The summed E-state index contributed by atoms with van der Waals surface area (Å²) in [4.78, 5) is -0.105. The molecule has 1 aromatic heterocycles. The summed E-state index contributed by atoms with van der Waals surface area (Å²) >= 11 is 0. The molecule has 1 saturated heterocycles. The average Bonchev–Trinajstić information content (AvgIpc) is 3.25. The highest BCUT2D eigenvalue weighted by atomic mass is 32.2. The lowest BCUT2D eigenvalue weighted by Gasteiger charge is -2.14. The SMILES string of the molecule is O=S1(=O)CC[C@@H](n2nc(-c3ccccc3)cc2NS(=O)(=O)c2ccc(F)cc2)C1. The Bertz CT molecular complexity index is 1240. The molecule has 7 nitrogen and oxygen atoms in total. The van der Waals surface area contributed by atoms with Gasteiger partial charge in [0, 0.05) is 11.6 Å². The van der Waals surface area contributed by atoms with Gasteiger partial charge in [0.15, 0.2) is 9.84 Å². The van der Waals surface area contributed by atoms with Gasteiger partial charge in [0.1, 0.15) is 11.6 Å². The van der Waals surface area contributed by atoms with Gasteiger partial charge in [-0.05, 0) is 30.7 Å². The molecule has 29 heavy (non-hydrogen) atoms. The smallest absolute Gasteiger partial charge is 0.263 e. The van der Waals surface area contributed by atoms with Crippen LogP contribution in [0.2, 0.25) is 0 Å². The van der Waals surface area contributed by atoms with Gasteiger partial charge in [-0.25, -0.2) is 25.9 Å². The molecule has 152 valence electrons. The molecular weight excluding hydrogens is 417 g/mol. The van der Waals surface area contributed by atoms with E-state index in [9.17, 15) is 21.2 Å². The average molecular weight is 436 g/mol. The maximum atomic E-state index is 13.1. The Kier molecular flexibility index (Phi) is 4.91. The lowest BCUT2D eigenvalue weighted by atomic mass is 10.2. The Morgan fingerprint density at radius 2 is 1.76 bits per heavy atom. The van der Waals surface area contributed by atoms with E-state index in [4.69, 9.17) is 0 Å². The van der Waals surface area contributed by atoms with Crippen molar-refractivity contribution in [3.8, 4) is 11.3 Å². The number of hydrogen-bond donors (Lipinski definition) is 1. The van der Waals surface area contributed by atoms with Crippen LogP contribution in [0.25, 0.3) is 11.3 Å². The molecule has 2 heterocycles. The number of anilines is 1. The minimum Gasteiger partial charge on any atom is -0.264 e. The minimum absolute atomic E-state index is 0.0301. The molecule has 0 spiro atoms. The van der Waals surface area contributed by atoms with Gasteiger partial charge < -0.3 is 0 Å². The van der Waals surface area contributed by atoms with Crippen molar-refractivity contribution < 1.29 is 21.2 Å². The van der Waals surface area contributed by atoms with Crippen LogP contribution in [-0.4, -0.2) is 38.1 Å². The minimum atomic E-state index is -4.01.